The fraction of sp³-hybridized carbons (Fsp3) is 0.267. The highest BCUT2D eigenvalue weighted by Gasteiger charge is 2.46. The zero-order chi connectivity index (χ0) is 26.8. The molecule has 0 saturated carbocycles. The summed E-state index contributed by atoms with van der Waals surface area (Å²) in [4.78, 5) is 43.0. The van der Waals surface area contributed by atoms with Crippen LogP contribution in [0.5, 0.6) is 0 Å². The molecule has 0 aliphatic heterocycles. The summed E-state index contributed by atoms with van der Waals surface area (Å²) < 4.78 is 0. The predicted octanol–water partition coefficient (Wildman–Crippen LogP) is 2.79. The summed E-state index contributed by atoms with van der Waals surface area (Å²) in [6.07, 6.45) is 4.76. The molecule has 0 unspecified atom stereocenters. The average molecular weight is 498 g/mol. The summed E-state index contributed by atoms with van der Waals surface area (Å²) in [5.74, 6) is 4.25. The number of nitrogens with zero attached hydrogens (tertiary/aromatic N) is 2. The van der Waals surface area contributed by atoms with Crippen LogP contribution in [-0.2, 0) is 22.4 Å². The number of hydrogen-bond acceptors (Lipinski definition) is 5. The van der Waals surface area contributed by atoms with E-state index in [9.17, 15) is 19.5 Å². The molecule has 190 valence electrons. The monoisotopic (exact) mass is 497 g/mol. The molecule has 37 heavy (non-hydrogen) atoms. The number of likely N-dealkylation sites (N-methyl/N-ethyl adjacent to an activating group) is 2. The maximum Gasteiger partial charge on any atom is 0.254 e. The number of hydrogen-bond donors (Lipinski definition) is 2. The molecule has 0 fully saturated rings. The number of aryl methyl sites for hydroxylation is 2. The van der Waals surface area contributed by atoms with E-state index >= 15 is 0 Å². The lowest BCUT2D eigenvalue weighted by Gasteiger charge is -2.35. The van der Waals surface area contributed by atoms with E-state index < -0.39 is 29.7 Å². The van der Waals surface area contributed by atoms with Crippen LogP contribution >= 0.6 is 0 Å². The molecule has 1 atom stereocenters. The van der Waals surface area contributed by atoms with E-state index in [1.54, 1.807) is 24.3 Å². The first-order valence-corrected chi connectivity index (χ1v) is 12.0. The van der Waals surface area contributed by atoms with E-state index in [-0.39, 0.29) is 0 Å². The first kappa shape index (κ1) is 27.3. The van der Waals surface area contributed by atoms with Crippen molar-refractivity contribution in [2.24, 2.45) is 0 Å². The summed E-state index contributed by atoms with van der Waals surface area (Å²) in [6.45, 7) is 0.454. The third-order valence-electron chi connectivity index (χ3n) is 6.39. The first-order valence-electron chi connectivity index (χ1n) is 12.0. The van der Waals surface area contributed by atoms with E-state index in [0.717, 1.165) is 41.0 Å². The third-order valence-corrected chi connectivity index (χ3v) is 6.39. The van der Waals surface area contributed by atoms with E-state index in [0.29, 0.717) is 5.56 Å². The highest BCUT2D eigenvalue weighted by Crippen LogP contribution is 2.19. The summed E-state index contributed by atoms with van der Waals surface area (Å²) in [5, 5.41) is 11.7. The zero-order valence-electron chi connectivity index (χ0n) is 21.3. The number of Topliss-reactive ketones (excluding diaryl/α,β-unsaturated/α-hetero) is 1. The van der Waals surface area contributed by atoms with Crippen LogP contribution in [0.2, 0.25) is 0 Å². The van der Waals surface area contributed by atoms with E-state index in [2.05, 4.69) is 34.3 Å². The number of ketones is 1. The molecule has 0 saturated heterocycles. The van der Waals surface area contributed by atoms with Crippen molar-refractivity contribution < 1.29 is 19.5 Å². The minimum absolute atomic E-state index is 0.295. The number of nitrogens with one attached hydrogen (secondary N) is 1. The summed E-state index contributed by atoms with van der Waals surface area (Å²) in [7, 11) is 2.73. The Morgan fingerprint density at radius 2 is 1.57 bits per heavy atom. The number of aromatic nitrogens is 1. The number of benzene rings is 2. The Morgan fingerprint density at radius 1 is 0.946 bits per heavy atom. The zero-order valence-corrected chi connectivity index (χ0v) is 21.3. The van der Waals surface area contributed by atoms with E-state index in [4.69, 9.17) is 0 Å². The van der Waals surface area contributed by atoms with Crippen LogP contribution < -0.4 is 5.32 Å². The second-order valence-electron chi connectivity index (χ2n) is 8.80. The highest BCUT2D eigenvalue weighted by molar-refractivity contribution is 6.14. The molecular formula is C30H31N3O4. The smallest absolute Gasteiger partial charge is 0.254 e. The third kappa shape index (κ3) is 6.69. The van der Waals surface area contributed by atoms with Crippen molar-refractivity contribution in [2.45, 2.75) is 31.7 Å². The number of rotatable bonds is 9. The van der Waals surface area contributed by atoms with Crippen molar-refractivity contribution in [1.82, 2.24) is 15.2 Å². The van der Waals surface area contributed by atoms with E-state index in [1.165, 1.54) is 26.6 Å². The lowest BCUT2D eigenvalue weighted by atomic mass is 9.92. The molecule has 2 N–H and O–H groups in total. The molecule has 2 aromatic carbocycles. The van der Waals surface area contributed by atoms with Gasteiger partial charge in [-0.3, -0.25) is 19.4 Å². The maximum atomic E-state index is 13.0. The molecule has 0 spiro atoms. The number of carbonyl (C=O) groups excluding carboxylic acids is 3. The van der Waals surface area contributed by atoms with Crippen molar-refractivity contribution in [2.75, 3.05) is 20.7 Å². The SMILES string of the molecule is CNC(=O)[C@@](C)(C(=O)CO)N(C)C(=O)c1ccc(C#Cc2ccc(CCCc3ccccn3)cc2)cc1. The number of aliphatic hydroxyl groups is 1. The molecule has 7 heteroatoms. The van der Waals surface area contributed by atoms with Crippen molar-refractivity contribution in [1.29, 1.82) is 0 Å². The Balaban J connectivity index is 1.62. The lowest BCUT2D eigenvalue weighted by molar-refractivity contribution is -0.143. The largest absolute Gasteiger partial charge is 0.388 e. The Labute approximate surface area is 217 Å². The van der Waals surface area contributed by atoms with Crippen LogP contribution in [-0.4, -0.2) is 58.8 Å². The van der Waals surface area contributed by atoms with Crippen LogP contribution in [0, 0.1) is 11.8 Å². The van der Waals surface area contributed by atoms with Crippen LogP contribution in [0.1, 0.15) is 46.1 Å². The lowest BCUT2D eigenvalue weighted by Crippen LogP contribution is -2.62. The Morgan fingerprint density at radius 3 is 2.11 bits per heavy atom. The molecule has 0 radical (unpaired) electrons. The molecule has 7 nitrogen and oxygen atoms in total. The van der Waals surface area contributed by atoms with Crippen molar-refractivity contribution in [3.63, 3.8) is 0 Å². The number of amides is 2. The van der Waals surface area contributed by atoms with Crippen LogP contribution in [0.3, 0.4) is 0 Å². The quantitative estimate of drug-likeness (QED) is 0.350. The van der Waals surface area contributed by atoms with Crippen LogP contribution in [0.4, 0.5) is 0 Å². The van der Waals surface area contributed by atoms with Crippen molar-refractivity contribution in [3.8, 4) is 11.8 Å². The van der Waals surface area contributed by atoms with Gasteiger partial charge in [-0.1, -0.05) is 30.0 Å². The van der Waals surface area contributed by atoms with Crippen molar-refractivity contribution >= 4 is 17.6 Å². The minimum atomic E-state index is -1.83. The van der Waals surface area contributed by atoms with Crippen LogP contribution in [0.25, 0.3) is 0 Å². The first-order chi connectivity index (χ1) is 17.8. The Hall–Kier alpha value is -4.28. The Bertz CT molecular complexity index is 1270. The topological polar surface area (TPSA) is 99.6 Å². The molecule has 0 bridgehead atoms. The summed E-state index contributed by atoms with van der Waals surface area (Å²) >= 11 is 0. The number of pyridine rings is 1. The second kappa shape index (κ2) is 12.6. The van der Waals surface area contributed by atoms with Gasteiger partial charge in [0.05, 0.1) is 0 Å². The average Bonchev–Trinajstić information content (AvgIpc) is 2.95. The predicted molar refractivity (Wildman–Crippen MR) is 142 cm³/mol. The molecule has 2 amide bonds. The van der Waals surface area contributed by atoms with Crippen molar-refractivity contribution in [3.05, 3.63) is 101 Å². The van der Waals surface area contributed by atoms with E-state index in [1.807, 2.05) is 36.5 Å². The highest BCUT2D eigenvalue weighted by atomic mass is 16.3. The molecular weight excluding hydrogens is 466 g/mol. The van der Waals surface area contributed by atoms with Gasteiger partial charge < -0.3 is 15.3 Å². The molecule has 3 rings (SSSR count). The number of aliphatic hydroxyl groups excluding tert-OH is 1. The maximum absolute atomic E-state index is 13.0. The van der Waals surface area contributed by atoms with Gasteiger partial charge in [0.1, 0.15) is 6.61 Å². The fourth-order valence-electron chi connectivity index (χ4n) is 3.87. The van der Waals surface area contributed by atoms with Crippen LogP contribution in [0.15, 0.2) is 72.9 Å². The van der Waals surface area contributed by atoms with Gasteiger partial charge >= 0.3 is 0 Å². The minimum Gasteiger partial charge on any atom is -0.388 e. The fourth-order valence-corrected chi connectivity index (χ4v) is 3.87. The summed E-state index contributed by atoms with van der Waals surface area (Å²) in [6, 6.07) is 20.7. The summed E-state index contributed by atoms with van der Waals surface area (Å²) in [5.41, 5.74) is 2.42. The normalized spacial score (nSPS) is 12.0. The molecule has 1 heterocycles. The van der Waals surface area contributed by atoms with Gasteiger partial charge in [-0.15, -0.1) is 0 Å². The van der Waals surface area contributed by atoms with Gasteiger partial charge in [0.25, 0.3) is 11.8 Å². The number of carbonyl (C=O) groups is 3. The van der Waals surface area contributed by atoms with Gasteiger partial charge in [-0.05, 0) is 80.3 Å². The van der Waals surface area contributed by atoms with Gasteiger partial charge in [-0.2, -0.15) is 0 Å². The Kier molecular flexibility index (Phi) is 9.31. The molecule has 0 aliphatic carbocycles. The molecule has 3 aromatic rings. The van der Waals surface area contributed by atoms with Gasteiger partial charge in [0.2, 0.25) is 0 Å². The second-order valence-corrected chi connectivity index (χ2v) is 8.80. The van der Waals surface area contributed by atoms with Gasteiger partial charge in [0.15, 0.2) is 11.3 Å². The molecule has 0 aliphatic rings. The van der Waals surface area contributed by atoms with Gasteiger partial charge in [0, 0.05) is 42.7 Å². The standard InChI is InChI=1S/C30H31N3O4/c1-30(27(35)21-34,29(37)31-2)33(3)28(36)25-18-16-24(17-19-25)15-14-23-12-10-22(11-13-23)7-6-9-26-8-4-5-20-32-26/h4-5,8,10-13,16-20,34H,6-7,9,21H2,1-3H3,(H,31,37)/t30-/m1/s1. The molecule has 1 aromatic heterocycles. The van der Waals surface area contributed by atoms with Gasteiger partial charge in [-0.25, -0.2) is 0 Å².